The Balaban J connectivity index is 1.61. The van der Waals surface area contributed by atoms with Gasteiger partial charge in [-0.25, -0.2) is 0 Å². The van der Waals surface area contributed by atoms with Gasteiger partial charge in [0.15, 0.2) is 11.6 Å². The van der Waals surface area contributed by atoms with Crippen LogP contribution in [0.1, 0.15) is 11.5 Å². The third-order valence-corrected chi connectivity index (χ3v) is 4.27. The van der Waals surface area contributed by atoms with E-state index >= 15 is 0 Å². The molecule has 4 rings (SSSR count). The summed E-state index contributed by atoms with van der Waals surface area (Å²) in [5, 5.41) is 0. The second-order valence-electron chi connectivity index (χ2n) is 5.96. The molecule has 24 heavy (non-hydrogen) atoms. The number of para-hydroxylation sites is 2. The maximum absolute atomic E-state index is 5.90. The molecule has 1 aliphatic rings. The van der Waals surface area contributed by atoms with Crippen molar-refractivity contribution < 1.29 is 13.7 Å². The van der Waals surface area contributed by atoms with Crippen LogP contribution in [-0.4, -0.2) is 7.05 Å². The second-order valence-corrected chi connectivity index (χ2v) is 5.96. The van der Waals surface area contributed by atoms with Crippen molar-refractivity contribution in [1.29, 1.82) is 0 Å². The molecular weight excluding hydrogens is 300 g/mol. The molecule has 0 bridgehead atoms. The molecule has 1 aliphatic heterocycles. The fourth-order valence-corrected chi connectivity index (χ4v) is 2.90. The second kappa shape index (κ2) is 5.57. The van der Waals surface area contributed by atoms with E-state index in [9.17, 15) is 0 Å². The number of nitrogens with zero attached hydrogens (tertiary/aromatic N) is 2. The van der Waals surface area contributed by atoms with E-state index in [2.05, 4.69) is 19.1 Å². The lowest BCUT2D eigenvalue weighted by Gasteiger charge is -2.10. The summed E-state index contributed by atoms with van der Waals surface area (Å²) in [7, 11) is 4.00. The molecule has 1 aromatic heterocycles. The number of benzene rings is 2. The zero-order valence-corrected chi connectivity index (χ0v) is 14.0. The zero-order chi connectivity index (χ0) is 16.7. The van der Waals surface area contributed by atoms with Gasteiger partial charge in [-0.2, -0.15) is 4.57 Å². The first-order valence-electron chi connectivity index (χ1n) is 7.91. The van der Waals surface area contributed by atoms with Gasteiger partial charge in [0, 0.05) is 13.1 Å². The Kier molecular flexibility index (Phi) is 3.38. The highest BCUT2D eigenvalue weighted by molar-refractivity contribution is 5.70. The van der Waals surface area contributed by atoms with E-state index in [1.165, 1.54) is 5.56 Å². The van der Waals surface area contributed by atoms with Crippen LogP contribution in [0.25, 0.3) is 17.2 Å². The van der Waals surface area contributed by atoms with Crippen LogP contribution in [0, 0.1) is 6.92 Å². The standard InChI is InChI=1S/C20H19N2O2/c1-14-11-12-18-16(13-14)22(3)20(24-18)10-6-9-19-21(2)15-7-4-5-8-17(15)23-19/h4-13H,1-3H3/q+1. The van der Waals surface area contributed by atoms with Crippen LogP contribution in [0.5, 0.6) is 5.75 Å². The van der Waals surface area contributed by atoms with Crippen LogP contribution in [0.15, 0.2) is 64.9 Å². The maximum Gasteiger partial charge on any atom is 0.373 e. The van der Waals surface area contributed by atoms with E-state index in [0.29, 0.717) is 0 Å². The predicted octanol–water partition coefficient (Wildman–Crippen LogP) is 3.95. The minimum absolute atomic E-state index is 0.794. The Morgan fingerprint density at radius 3 is 2.79 bits per heavy atom. The quantitative estimate of drug-likeness (QED) is 0.670. The fourth-order valence-electron chi connectivity index (χ4n) is 2.90. The molecule has 0 aliphatic carbocycles. The minimum Gasteiger partial charge on any atom is -0.439 e. The number of ether oxygens (including phenoxy) is 1. The Morgan fingerprint density at radius 2 is 1.96 bits per heavy atom. The SMILES string of the molecule is Cc1ccc2c(c1)N(C)/C(=C/C=C/c1oc3ccccc3[n+]1C)O2. The van der Waals surface area contributed by atoms with Crippen LogP contribution < -0.4 is 14.2 Å². The topological polar surface area (TPSA) is 29.5 Å². The van der Waals surface area contributed by atoms with E-state index in [1.54, 1.807) is 0 Å². The van der Waals surface area contributed by atoms with Crippen molar-refractivity contribution in [2.75, 3.05) is 11.9 Å². The summed E-state index contributed by atoms with van der Waals surface area (Å²) in [6, 6.07) is 14.2. The number of rotatable bonds is 2. The molecule has 2 aromatic carbocycles. The number of fused-ring (bicyclic) bond motifs is 2. The van der Waals surface area contributed by atoms with Crippen molar-refractivity contribution in [2.24, 2.45) is 7.05 Å². The lowest BCUT2D eigenvalue weighted by atomic mass is 10.2. The third-order valence-electron chi connectivity index (χ3n) is 4.27. The molecule has 3 aromatic rings. The Hall–Kier alpha value is -3.01. The van der Waals surface area contributed by atoms with E-state index in [-0.39, 0.29) is 0 Å². The molecule has 0 unspecified atom stereocenters. The first-order valence-corrected chi connectivity index (χ1v) is 7.91. The lowest BCUT2D eigenvalue weighted by Crippen LogP contribution is -2.29. The molecule has 4 nitrogen and oxygen atoms in total. The number of allylic oxidation sites excluding steroid dienone is 2. The molecule has 0 saturated carbocycles. The summed E-state index contributed by atoms with van der Waals surface area (Å²) >= 11 is 0. The Bertz CT molecular complexity index is 982. The Labute approximate surface area is 140 Å². The summed E-state index contributed by atoms with van der Waals surface area (Å²) < 4.78 is 13.8. The van der Waals surface area contributed by atoms with Crippen molar-refractivity contribution in [2.45, 2.75) is 6.92 Å². The van der Waals surface area contributed by atoms with E-state index in [4.69, 9.17) is 9.15 Å². The number of anilines is 1. The molecule has 0 N–H and O–H groups in total. The molecule has 0 atom stereocenters. The smallest absolute Gasteiger partial charge is 0.373 e. The van der Waals surface area contributed by atoms with Gasteiger partial charge in [-0.05, 0) is 42.8 Å². The van der Waals surface area contributed by atoms with Crippen LogP contribution in [0.2, 0.25) is 0 Å². The third kappa shape index (κ3) is 2.36. The minimum atomic E-state index is 0.794. The van der Waals surface area contributed by atoms with Crippen molar-refractivity contribution in [3.8, 4) is 5.75 Å². The van der Waals surface area contributed by atoms with Gasteiger partial charge < -0.3 is 14.1 Å². The van der Waals surface area contributed by atoms with Crippen LogP contribution >= 0.6 is 0 Å². The molecular formula is C20H19N2O2+. The molecule has 0 saturated heterocycles. The van der Waals surface area contributed by atoms with Gasteiger partial charge in [0.25, 0.3) is 5.52 Å². The molecule has 0 radical (unpaired) electrons. The first kappa shape index (κ1) is 14.6. The fraction of sp³-hybridized carbons (Fsp3) is 0.150. The van der Waals surface area contributed by atoms with Gasteiger partial charge in [0.05, 0.1) is 11.8 Å². The van der Waals surface area contributed by atoms with Gasteiger partial charge in [-0.15, -0.1) is 0 Å². The maximum atomic E-state index is 5.90. The number of aryl methyl sites for hydroxylation is 2. The number of oxazole rings is 1. The summed E-state index contributed by atoms with van der Waals surface area (Å²) in [5.41, 5.74) is 4.26. The van der Waals surface area contributed by atoms with Gasteiger partial charge in [0.1, 0.15) is 7.05 Å². The normalized spacial score (nSPS) is 15.5. The number of hydrogen-bond donors (Lipinski definition) is 0. The van der Waals surface area contributed by atoms with Gasteiger partial charge in [0.2, 0.25) is 5.58 Å². The van der Waals surface area contributed by atoms with Gasteiger partial charge in [-0.1, -0.05) is 18.2 Å². The van der Waals surface area contributed by atoms with Crippen molar-refractivity contribution in [1.82, 2.24) is 0 Å². The first-order chi connectivity index (χ1) is 11.6. The van der Waals surface area contributed by atoms with Crippen molar-refractivity contribution >= 4 is 22.9 Å². The monoisotopic (exact) mass is 319 g/mol. The Morgan fingerprint density at radius 1 is 1.12 bits per heavy atom. The lowest BCUT2D eigenvalue weighted by molar-refractivity contribution is -0.652. The number of hydrogen-bond acceptors (Lipinski definition) is 3. The van der Waals surface area contributed by atoms with Crippen molar-refractivity contribution in [3.05, 3.63) is 72.0 Å². The molecule has 0 spiro atoms. The summed E-state index contributed by atoms with van der Waals surface area (Å²) in [5.74, 6) is 2.48. The molecule has 4 heteroatoms. The van der Waals surface area contributed by atoms with Gasteiger partial charge in [-0.3, -0.25) is 0 Å². The molecule has 0 amide bonds. The molecule has 2 heterocycles. The zero-order valence-electron chi connectivity index (χ0n) is 14.0. The van der Waals surface area contributed by atoms with Crippen LogP contribution in [-0.2, 0) is 7.05 Å². The highest BCUT2D eigenvalue weighted by Crippen LogP contribution is 2.38. The summed E-state index contributed by atoms with van der Waals surface area (Å²) in [6.45, 7) is 2.08. The van der Waals surface area contributed by atoms with Crippen LogP contribution in [0.4, 0.5) is 5.69 Å². The molecule has 120 valence electrons. The van der Waals surface area contributed by atoms with E-state index < -0.39 is 0 Å². The summed E-state index contributed by atoms with van der Waals surface area (Å²) in [6.07, 6.45) is 5.84. The van der Waals surface area contributed by atoms with Crippen LogP contribution in [0.3, 0.4) is 0 Å². The summed E-state index contributed by atoms with van der Waals surface area (Å²) in [4.78, 5) is 2.05. The number of aromatic nitrogens is 1. The van der Waals surface area contributed by atoms with Gasteiger partial charge >= 0.3 is 5.89 Å². The average Bonchev–Trinajstić information content (AvgIpc) is 3.07. The molecule has 0 fully saturated rings. The predicted molar refractivity (Wildman–Crippen MR) is 94.7 cm³/mol. The van der Waals surface area contributed by atoms with E-state index in [0.717, 1.165) is 34.3 Å². The van der Waals surface area contributed by atoms with Crippen molar-refractivity contribution in [3.63, 3.8) is 0 Å². The average molecular weight is 319 g/mol. The highest BCUT2D eigenvalue weighted by Gasteiger charge is 2.22. The van der Waals surface area contributed by atoms with E-state index in [1.807, 2.05) is 72.1 Å². The highest BCUT2D eigenvalue weighted by atomic mass is 16.5. The largest absolute Gasteiger partial charge is 0.439 e.